The van der Waals surface area contributed by atoms with Gasteiger partial charge in [-0.05, 0) is 104 Å². The highest BCUT2D eigenvalue weighted by Gasteiger charge is 2.70. The molecule has 384 valence electrons. The van der Waals surface area contributed by atoms with Crippen molar-refractivity contribution in [2.24, 2.45) is 50.2 Å². The van der Waals surface area contributed by atoms with E-state index >= 15 is 0 Å². The summed E-state index contributed by atoms with van der Waals surface area (Å²) in [6, 6.07) is 0. The van der Waals surface area contributed by atoms with Crippen molar-refractivity contribution in [3.05, 3.63) is 11.6 Å². The van der Waals surface area contributed by atoms with E-state index in [1.54, 1.807) is 0 Å². The fraction of sp³-hybridized carbons (Fsp3) is 0.938. The molecule has 0 aromatic rings. The first-order chi connectivity index (χ1) is 31.3. The number of hydrogen-bond acceptors (Lipinski definition) is 18. The Morgan fingerprint density at radius 2 is 1.30 bits per heavy atom. The van der Waals surface area contributed by atoms with Gasteiger partial charge in [-0.1, -0.05) is 53.2 Å². The first-order valence-corrected chi connectivity index (χ1v) is 24.4. The van der Waals surface area contributed by atoms with Crippen LogP contribution in [-0.4, -0.2) is 191 Å². The van der Waals surface area contributed by atoms with Crippen LogP contribution in [0.5, 0.6) is 0 Å². The average molecular weight is 959 g/mol. The molecular formula is C48H78O19. The third-order valence-electron chi connectivity index (χ3n) is 19.8. The Labute approximate surface area is 392 Å². The summed E-state index contributed by atoms with van der Waals surface area (Å²) in [5.74, 6) is -1.41. The van der Waals surface area contributed by atoms with Gasteiger partial charge in [0.1, 0.15) is 61.0 Å². The molecule has 0 aromatic carbocycles. The molecule has 19 heteroatoms. The highest BCUT2D eigenvalue weighted by Crippen LogP contribution is 2.76. The van der Waals surface area contributed by atoms with E-state index in [0.29, 0.717) is 19.3 Å². The predicted octanol–water partition coefficient (Wildman–Crippen LogP) is -0.323. The molecule has 3 saturated heterocycles. The van der Waals surface area contributed by atoms with Crippen LogP contribution >= 0.6 is 0 Å². The molecule has 12 N–H and O–H groups in total. The minimum absolute atomic E-state index is 0.0116. The predicted molar refractivity (Wildman–Crippen MR) is 232 cm³/mol. The molecule has 19 nitrogen and oxygen atoms in total. The number of carboxylic acid groups (broad SMARTS) is 1. The molecule has 3 aliphatic heterocycles. The monoisotopic (exact) mass is 959 g/mol. The molecule has 5 aliphatic carbocycles. The molecule has 26 atom stereocenters. The van der Waals surface area contributed by atoms with Crippen LogP contribution in [0.2, 0.25) is 0 Å². The molecule has 0 aromatic heterocycles. The lowest BCUT2D eigenvalue weighted by atomic mass is 9.33. The molecule has 0 amide bonds. The first kappa shape index (κ1) is 51.9. The number of rotatable bonds is 10. The topological polar surface area (TPSA) is 315 Å². The lowest BCUT2D eigenvalue weighted by Crippen LogP contribution is -2.68. The Balaban J connectivity index is 1.08. The van der Waals surface area contributed by atoms with Gasteiger partial charge in [0.15, 0.2) is 25.0 Å². The lowest BCUT2D eigenvalue weighted by Gasteiger charge is -2.72. The highest BCUT2D eigenvalue weighted by atomic mass is 16.8. The van der Waals surface area contributed by atoms with E-state index in [1.165, 1.54) is 12.5 Å². The third-order valence-corrected chi connectivity index (χ3v) is 19.8. The highest BCUT2D eigenvalue weighted by molar-refractivity contribution is 5.73. The van der Waals surface area contributed by atoms with Crippen LogP contribution in [0.25, 0.3) is 0 Å². The van der Waals surface area contributed by atoms with Gasteiger partial charge in [-0.25, -0.2) is 4.79 Å². The second-order valence-electron chi connectivity index (χ2n) is 23.4. The summed E-state index contributed by atoms with van der Waals surface area (Å²) in [5, 5.41) is 130. The Morgan fingerprint density at radius 3 is 1.93 bits per heavy atom. The molecule has 67 heavy (non-hydrogen) atoms. The van der Waals surface area contributed by atoms with Gasteiger partial charge in [0, 0.05) is 17.4 Å². The zero-order valence-corrected chi connectivity index (χ0v) is 39.8. The van der Waals surface area contributed by atoms with Crippen LogP contribution in [0.1, 0.15) is 106 Å². The Morgan fingerprint density at radius 1 is 0.657 bits per heavy atom. The van der Waals surface area contributed by atoms with E-state index < -0.39 is 122 Å². The second-order valence-corrected chi connectivity index (χ2v) is 23.4. The van der Waals surface area contributed by atoms with Crippen LogP contribution in [-0.2, 0) is 33.2 Å². The molecule has 0 spiro atoms. The summed E-state index contributed by atoms with van der Waals surface area (Å²) in [5.41, 5.74) is -0.887. The minimum Gasteiger partial charge on any atom is -0.479 e. The Bertz CT molecular complexity index is 1840. The number of ether oxygens (including phenoxy) is 6. The molecule has 8 rings (SSSR count). The third kappa shape index (κ3) is 8.01. The maximum Gasteiger partial charge on any atom is 0.335 e. The second kappa shape index (κ2) is 18.2. The maximum atomic E-state index is 12.5. The average Bonchev–Trinajstić information content (AvgIpc) is 3.28. The summed E-state index contributed by atoms with van der Waals surface area (Å²) in [6.45, 7) is 13.6. The lowest BCUT2D eigenvalue weighted by molar-refractivity contribution is -0.396. The van der Waals surface area contributed by atoms with Crippen LogP contribution in [0.15, 0.2) is 11.6 Å². The summed E-state index contributed by atoms with van der Waals surface area (Å²) in [7, 11) is 0. The fourth-order valence-corrected chi connectivity index (χ4v) is 15.1. The number of fused-ring (bicyclic) bond motifs is 7. The SMILES string of the molecule is C[C@@H]1O[C@H](O[C@@H]2[C@@H](O[C@@H]3[C@@H](O[C@H]4CC[C@]5(C)[C@H](CC[C@@]6(C)[C@@H]5CC=C5[C@@H]7C[C@](C)(CO)C[C@@H](O)[C@@]7(C)CC[C@]56C)[C@]4(C)CO)O[C@@H](C(=O)O)[C@H](O)[C@H]3O)O[C@@H](CO)[C@H](O)[C@H]2O)[C@@H](O)[C@H](O)[C@H]1O. The maximum absolute atomic E-state index is 12.5. The van der Waals surface area contributed by atoms with Crippen molar-refractivity contribution in [3.63, 3.8) is 0 Å². The van der Waals surface area contributed by atoms with E-state index in [1.807, 2.05) is 6.92 Å². The zero-order valence-electron chi connectivity index (χ0n) is 39.8. The van der Waals surface area contributed by atoms with Crippen molar-refractivity contribution < 1.29 is 94.5 Å². The van der Waals surface area contributed by atoms with E-state index in [9.17, 15) is 66.1 Å². The van der Waals surface area contributed by atoms with Gasteiger partial charge in [-0.3, -0.25) is 0 Å². The van der Waals surface area contributed by atoms with Crippen molar-refractivity contribution in [2.75, 3.05) is 19.8 Å². The van der Waals surface area contributed by atoms with Crippen molar-refractivity contribution >= 4 is 5.97 Å². The van der Waals surface area contributed by atoms with Crippen molar-refractivity contribution in [3.8, 4) is 0 Å². The molecule has 4 saturated carbocycles. The number of aliphatic hydroxyl groups excluding tert-OH is 11. The van der Waals surface area contributed by atoms with Gasteiger partial charge in [-0.2, -0.15) is 0 Å². The number of allylic oxidation sites excluding steroid dienone is 2. The summed E-state index contributed by atoms with van der Waals surface area (Å²) < 4.78 is 36.2. The normalized spacial score (nSPS) is 56.7. The molecule has 0 unspecified atom stereocenters. The Hall–Kier alpha value is -1.47. The van der Waals surface area contributed by atoms with E-state index in [0.717, 1.165) is 38.5 Å². The van der Waals surface area contributed by atoms with Gasteiger partial charge < -0.3 is 89.7 Å². The molecule has 3 heterocycles. The standard InChI is InChI=1S/C48H78O19/c1-21-29(53)31(55)35(59)40(62-21)66-37-32(56)30(54)24(18-49)63-41(37)67-38-34(58)33(57)36(39(60)61)65-42(38)64-28-11-12-45(4)25(46(28,5)20-51)10-13-48(7)26(45)9-8-22-23-16-43(2,19-50)17-27(52)44(23,3)14-15-47(22,48)6/h8,21,23-38,40-42,49-59H,9-20H2,1-7H3,(H,60,61)/t21-,23-,24-,25-,26+,27+,28-,29-,30-,31+,32+,33+,34+,35-,36+,37-,38-,40+,41+,42-,43-,44-,45+,46-,47+,48-/m0/s1. The number of carboxylic acids is 1. The molecule has 7 fully saturated rings. The Kier molecular flexibility index (Phi) is 14.1. The van der Waals surface area contributed by atoms with Gasteiger partial charge in [-0.15, -0.1) is 0 Å². The van der Waals surface area contributed by atoms with Crippen LogP contribution in [0, 0.1) is 50.2 Å². The van der Waals surface area contributed by atoms with Crippen LogP contribution in [0.3, 0.4) is 0 Å². The quantitative estimate of drug-likeness (QED) is 0.0986. The van der Waals surface area contributed by atoms with Crippen LogP contribution < -0.4 is 0 Å². The van der Waals surface area contributed by atoms with Gasteiger partial charge in [0.25, 0.3) is 0 Å². The molecule has 0 bridgehead atoms. The zero-order chi connectivity index (χ0) is 49.1. The van der Waals surface area contributed by atoms with E-state index in [-0.39, 0.29) is 58.0 Å². The van der Waals surface area contributed by atoms with Gasteiger partial charge in [0.05, 0.1) is 31.5 Å². The molecule has 0 radical (unpaired) electrons. The number of carbonyl (C=O) groups is 1. The van der Waals surface area contributed by atoms with E-state index in [4.69, 9.17) is 28.4 Å². The summed E-state index contributed by atoms with van der Waals surface area (Å²) in [6.07, 6.45) is -18.8. The first-order valence-electron chi connectivity index (χ1n) is 24.4. The number of aliphatic hydroxyl groups is 11. The smallest absolute Gasteiger partial charge is 0.335 e. The van der Waals surface area contributed by atoms with Crippen LogP contribution in [0.4, 0.5) is 0 Å². The van der Waals surface area contributed by atoms with Gasteiger partial charge >= 0.3 is 5.97 Å². The van der Waals surface area contributed by atoms with Crippen molar-refractivity contribution in [1.82, 2.24) is 0 Å². The van der Waals surface area contributed by atoms with E-state index in [2.05, 4.69) is 40.7 Å². The molecular weight excluding hydrogens is 881 g/mol. The number of aliphatic carboxylic acids is 1. The summed E-state index contributed by atoms with van der Waals surface area (Å²) in [4.78, 5) is 12.5. The fourth-order valence-electron chi connectivity index (χ4n) is 15.1. The minimum atomic E-state index is -2.08. The van der Waals surface area contributed by atoms with Crippen molar-refractivity contribution in [1.29, 1.82) is 0 Å². The largest absolute Gasteiger partial charge is 0.479 e. The number of hydrogen-bond donors (Lipinski definition) is 12. The van der Waals surface area contributed by atoms with Gasteiger partial charge in [0.2, 0.25) is 0 Å². The molecule has 8 aliphatic rings. The summed E-state index contributed by atoms with van der Waals surface area (Å²) >= 11 is 0. The van der Waals surface area contributed by atoms with Crippen molar-refractivity contribution in [2.45, 2.75) is 211 Å².